The van der Waals surface area contributed by atoms with Crippen LogP contribution in [0, 0.1) is 6.92 Å². The molecule has 0 radical (unpaired) electrons. The molecule has 1 aromatic carbocycles. The number of fused-ring (bicyclic) bond motifs is 1. The van der Waals surface area contributed by atoms with Gasteiger partial charge in [0.15, 0.2) is 5.76 Å². The lowest BCUT2D eigenvalue weighted by molar-refractivity contribution is 0.0734. The minimum Gasteiger partial charge on any atom is -0.452 e. The zero-order chi connectivity index (χ0) is 18.1. The Balaban J connectivity index is 1.62. The van der Waals surface area contributed by atoms with Gasteiger partial charge in [0.2, 0.25) is 5.78 Å². The molecule has 128 valence electrons. The van der Waals surface area contributed by atoms with Crippen LogP contribution in [0.2, 0.25) is 0 Å². The molecule has 0 bridgehead atoms. The Labute approximate surface area is 153 Å². The molecular weight excluding hydrogens is 350 g/mol. The Bertz CT molecular complexity index is 1020. The van der Waals surface area contributed by atoms with Crippen LogP contribution >= 0.6 is 11.3 Å². The maximum Gasteiger partial charge on any atom is 0.345 e. The van der Waals surface area contributed by atoms with Crippen LogP contribution in [0.4, 0.5) is 0 Å². The zero-order valence-corrected chi connectivity index (χ0v) is 14.6. The minimum absolute atomic E-state index is 0.170. The highest BCUT2D eigenvalue weighted by atomic mass is 32.1. The van der Waals surface area contributed by atoms with Crippen molar-refractivity contribution < 1.29 is 19.1 Å². The van der Waals surface area contributed by atoms with Crippen molar-refractivity contribution in [3.05, 3.63) is 81.5 Å². The molecule has 0 N–H and O–H groups in total. The van der Waals surface area contributed by atoms with Crippen LogP contribution in [-0.2, 0) is 0 Å². The van der Waals surface area contributed by atoms with Gasteiger partial charge in [-0.15, -0.1) is 11.3 Å². The number of carbonyl (C=O) groups excluding carboxylic acids is 2. The Morgan fingerprint density at radius 2 is 2.15 bits per heavy atom. The van der Waals surface area contributed by atoms with E-state index in [0.29, 0.717) is 28.2 Å². The highest BCUT2D eigenvalue weighted by molar-refractivity contribution is 7.10. The standard InChI is InChI=1S/C20H13NO4S/c1-12-8-14(24-20(23)13-4-2-6-21-11-13)9-16-18(12)19(22)17(25-16)10-15-5-3-7-26-15/h2-11H,1H3/b17-10-. The third-order valence-corrected chi connectivity index (χ3v) is 4.69. The Hall–Kier alpha value is -3.25. The van der Waals surface area contributed by atoms with Crippen LogP contribution in [-0.4, -0.2) is 16.7 Å². The topological polar surface area (TPSA) is 65.5 Å². The number of rotatable bonds is 3. The predicted molar refractivity (Wildman–Crippen MR) is 97.6 cm³/mol. The molecule has 0 spiro atoms. The molecule has 0 fully saturated rings. The summed E-state index contributed by atoms with van der Waals surface area (Å²) in [6, 6.07) is 10.3. The number of aryl methyl sites for hydroxylation is 1. The third-order valence-electron chi connectivity index (χ3n) is 3.87. The highest BCUT2D eigenvalue weighted by Gasteiger charge is 2.30. The van der Waals surface area contributed by atoms with Gasteiger partial charge in [-0.3, -0.25) is 9.78 Å². The van der Waals surface area contributed by atoms with Gasteiger partial charge in [0.1, 0.15) is 11.5 Å². The first-order valence-electron chi connectivity index (χ1n) is 7.86. The van der Waals surface area contributed by atoms with Crippen molar-refractivity contribution in [3.8, 4) is 11.5 Å². The van der Waals surface area contributed by atoms with Crippen LogP contribution in [0.3, 0.4) is 0 Å². The Morgan fingerprint density at radius 3 is 2.88 bits per heavy atom. The first-order chi connectivity index (χ1) is 12.6. The van der Waals surface area contributed by atoms with Crippen LogP contribution in [0.1, 0.15) is 31.2 Å². The van der Waals surface area contributed by atoms with Crippen molar-refractivity contribution >= 4 is 29.2 Å². The van der Waals surface area contributed by atoms with Gasteiger partial charge in [0.25, 0.3) is 0 Å². The van der Waals surface area contributed by atoms with Crippen molar-refractivity contribution in [1.82, 2.24) is 4.98 Å². The van der Waals surface area contributed by atoms with E-state index in [1.807, 2.05) is 17.5 Å². The summed E-state index contributed by atoms with van der Waals surface area (Å²) in [5.41, 5.74) is 1.53. The van der Waals surface area contributed by atoms with Gasteiger partial charge < -0.3 is 9.47 Å². The summed E-state index contributed by atoms with van der Waals surface area (Å²) in [4.78, 5) is 29.6. The van der Waals surface area contributed by atoms with Gasteiger partial charge in [-0.05, 0) is 42.1 Å². The largest absolute Gasteiger partial charge is 0.452 e. The second-order valence-corrected chi connectivity index (χ2v) is 6.68. The van der Waals surface area contributed by atoms with Crippen molar-refractivity contribution in [2.24, 2.45) is 0 Å². The van der Waals surface area contributed by atoms with E-state index in [2.05, 4.69) is 4.98 Å². The molecule has 4 rings (SSSR count). The van der Waals surface area contributed by atoms with E-state index in [1.165, 1.54) is 17.5 Å². The van der Waals surface area contributed by atoms with E-state index >= 15 is 0 Å². The lowest BCUT2D eigenvalue weighted by Gasteiger charge is -2.07. The molecule has 26 heavy (non-hydrogen) atoms. The molecule has 0 saturated carbocycles. The number of hydrogen-bond donors (Lipinski definition) is 0. The number of esters is 1. The van der Waals surface area contributed by atoms with E-state index in [1.54, 1.807) is 43.5 Å². The summed E-state index contributed by atoms with van der Waals surface area (Å²) in [5, 5.41) is 1.93. The predicted octanol–water partition coefficient (Wildman–Crippen LogP) is 4.29. The van der Waals surface area contributed by atoms with Gasteiger partial charge in [0.05, 0.1) is 11.1 Å². The quantitative estimate of drug-likeness (QED) is 0.395. The number of ketones is 1. The average Bonchev–Trinajstić information content (AvgIpc) is 3.24. The molecule has 0 amide bonds. The maximum absolute atomic E-state index is 12.6. The summed E-state index contributed by atoms with van der Waals surface area (Å²) in [6.45, 7) is 1.79. The molecule has 2 aromatic heterocycles. The Kier molecular flexibility index (Phi) is 4.10. The summed E-state index contributed by atoms with van der Waals surface area (Å²) in [5.74, 6) is 0.292. The number of ether oxygens (including phenoxy) is 2. The molecule has 0 atom stereocenters. The molecule has 5 nitrogen and oxygen atoms in total. The van der Waals surface area contributed by atoms with E-state index < -0.39 is 5.97 Å². The number of hydrogen-bond acceptors (Lipinski definition) is 6. The lowest BCUT2D eigenvalue weighted by atomic mass is 10.0. The van der Waals surface area contributed by atoms with Crippen molar-refractivity contribution in [2.45, 2.75) is 6.92 Å². The summed E-state index contributed by atoms with van der Waals surface area (Å²) >= 11 is 1.52. The number of pyridine rings is 1. The second-order valence-electron chi connectivity index (χ2n) is 5.70. The van der Waals surface area contributed by atoms with E-state index in [-0.39, 0.29) is 11.5 Å². The van der Waals surface area contributed by atoms with Gasteiger partial charge in [-0.1, -0.05) is 6.07 Å². The number of allylic oxidation sites excluding steroid dienone is 1. The monoisotopic (exact) mass is 363 g/mol. The molecular formula is C20H13NO4S. The molecule has 0 aliphatic carbocycles. The summed E-state index contributed by atoms with van der Waals surface area (Å²) in [7, 11) is 0. The molecule has 6 heteroatoms. The van der Waals surface area contributed by atoms with E-state index in [0.717, 1.165) is 4.88 Å². The van der Waals surface area contributed by atoms with Crippen molar-refractivity contribution in [2.75, 3.05) is 0 Å². The second kappa shape index (κ2) is 6.57. The average molecular weight is 363 g/mol. The molecule has 3 heterocycles. The minimum atomic E-state index is -0.517. The van der Waals surface area contributed by atoms with Crippen LogP contribution in [0.15, 0.2) is 59.9 Å². The SMILES string of the molecule is Cc1cc(OC(=O)c2cccnc2)cc2c1C(=O)/C(=C/c1cccs1)O2. The molecule has 0 saturated heterocycles. The van der Waals surface area contributed by atoms with Gasteiger partial charge >= 0.3 is 5.97 Å². The number of carbonyl (C=O) groups is 2. The van der Waals surface area contributed by atoms with Gasteiger partial charge in [0, 0.05) is 29.4 Å². The molecule has 0 unspecified atom stereocenters. The fraction of sp³-hybridized carbons (Fsp3) is 0.0500. The fourth-order valence-corrected chi connectivity index (χ4v) is 3.33. The number of Topliss-reactive ketones (excluding diaryl/α,β-unsaturated/α-hetero) is 1. The zero-order valence-electron chi connectivity index (χ0n) is 13.8. The van der Waals surface area contributed by atoms with E-state index in [9.17, 15) is 9.59 Å². The summed E-state index contributed by atoms with van der Waals surface area (Å²) < 4.78 is 11.1. The third kappa shape index (κ3) is 3.02. The number of aromatic nitrogens is 1. The molecule has 1 aliphatic rings. The normalized spacial score (nSPS) is 14.2. The van der Waals surface area contributed by atoms with Gasteiger partial charge in [-0.2, -0.15) is 0 Å². The van der Waals surface area contributed by atoms with Crippen molar-refractivity contribution in [3.63, 3.8) is 0 Å². The molecule has 3 aromatic rings. The van der Waals surface area contributed by atoms with E-state index in [4.69, 9.17) is 9.47 Å². The van der Waals surface area contributed by atoms with Crippen LogP contribution < -0.4 is 9.47 Å². The first-order valence-corrected chi connectivity index (χ1v) is 8.74. The lowest BCUT2D eigenvalue weighted by Crippen LogP contribution is -2.09. The number of thiophene rings is 1. The maximum atomic E-state index is 12.6. The number of nitrogens with zero attached hydrogens (tertiary/aromatic N) is 1. The van der Waals surface area contributed by atoms with Crippen molar-refractivity contribution in [1.29, 1.82) is 0 Å². The van der Waals surface area contributed by atoms with Crippen LogP contribution in [0.5, 0.6) is 11.5 Å². The summed E-state index contributed by atoms with van der Waals surface area (Å²) in [6.07, 6.45) is 4.73. The molecule has 1 aliphatic heterocycles. The van der Waals surface area contributed by atoms with Crippen LogP contribution in [0.25, 0.3) is 6.08 Å². The van der Waals surface area contributed by atoms with Gasteiger partial charge in [-0.25, -0.2) is 4.79 Å². The fourth-order valence-electron chi connectivity index (χ4n) is 2.69. The first kappa shape index (κ1) is 16.2. The highest BCUT2D eigenvalue weighted by Crippen LogP contribution is 2.38. The number of benzene rings is 1. The smallest absolute Gasteiger partial charge is 0.345 e. The Morgan fingerprint density at radius 1 is 1.27 bits per heavy atom.